The Bertz CT molecular complexity index is 739. The summed E-state index contributed by atoms with van der Waals surface area (Å²) in [6.45, 7) is 5.09. The van der Waals surface area contributed by atoms with Crippen LogP contribution in [0.4, 0.5) is 0 Å². The zero-order valence-electron chi connectivity index (χ0n) is 15.8. The highest BCUT2D eigenvalue weighted by atomic mass is 35.5. The number of rotatable bonds is 6. The molecule has 0 saturated carbocycles. The summed E-state index contributed by atoms with van der Waals surface area (Å²) in [6, 6.07) is 14.5. The van der Waals surface area contributed by atoms with Gasteiger partial charge in [-0.25, -0.2) is 0 Å². The highest BCUT2D eigenvalue weighted by molar-refractivity contribution is 6.30. The Morgan fingerprint density at radius 2 is 1.89 bits per heavy atom. The van der Waals surface area contributed by atoms with E-state index in [4.69, 9.17) is 21.1 Å². The Morgan fingerprint density at radius 3 is 2.70 bits per heavy atom. The number of hydrogen-bond acceptors (Lipinski definition) is 3. The molecule has 2 aromatic rings. The SMILES string of the molecule is Clc1ccc(OCCCN2CCC(c3ccc4c(c3)CCCO4)CC2)cc1. The Morgan fingerprint density at radius 1 is 1.07 bits per heavy atom. The standard InChI is InChI=1S/C23H28ClNO2/c24-21-5-7-22(8-6-21)26-16-2-12-25-13-10-18(11-14-25)19-4-9-23-20(17-19)3-1-15-27-23/h4-9,17-18H,1-3,10-16H2. The van der Waals surface area contributed by atoms with Crippen LogP contribution in [0.25, 0.3) is 0 Å². The van der Waals surface area contributed by atoms with Crippen LogP contribution in [-0.2, 0) is 6.42 Å². The quantitative estimate of drug-likeness (QED) is 0.628. The largest absolute Gasteiger partial charge is 0.494 e. The fourth-order valence-electron chi connectivity index (χ4n) is 4.13. The number of benzene rings is 2. The van der Waals surface area contributed by atoms with Gasteiger partial charge < -0.3 is 14.4 Å². The van der Waals surface area contributed by atoms with Crippen molar-refractivity contribution in [1.29, 1.82) is 0 Å². The summed E-state index contributed by atoms with van der Waals surface area (Å²) in [7, 11) is 0. The number of ether oxygens (including phenoxy) is 2. The Balaban J connectivity index is 1.19. The van der Waals surface area contributed by atoms with Crippen LogP contribution in [0, 0.1) is 0 Å². The predicted molar refractivity (Wildman–Crippen MR) is 110 cm³/mol. The maximum absolute atomic E-state index is 5.90. The normalized spacial score (nSPS) is 18.0. The highest BCUT2D eigenvalue weighted by Crippen LogP contribution is 2.33. The zero-order valence-corrected chi connectivity index (χ0v) is 16.6. The number of hydrogen-bond donors (Lipinski definition) is 0. The van der Waals surface area contributed by atoms with E-state index < -0.39 is 0 Å². The molecule has 1 saturated heterocycles. The van der Waals surface area contributed by atoms with Crippen molar-refractivity contribution in [2.24, 2.45) is 0 Å². The minimum Gasteiger partial charge on any atom is -0.494 e. The topological polar surface area (TPSA) is 21.7 Å². The average Bonchev–Trinajstić information content (AvgIpc) is 2.72. The molecule has 0 unspecified atom stereocenters. The molecule has 2 aliphatic heterocycles. The third-order valence-electron chi connectivity index (χ3n) is 5.69. The number of likely N-dealkylation sites (tertiary alicyclic amines) is 1. The van der Waals surface area contributed by atoms with Gasteiger partial charge in [-0.1, -0.05) is 23.7 Å². The van der Waals surface area contributed by atoms with Crippen LogP contribution in [0.3, 0.4) is 0 Å². The fourth-order valence-corrected chi connectivity index (χ4v) is 4.26. The molecule has 4 rings (SSSR count). The summed E-state index contributed by atoms with van der Waals surface area (Å²) in [5.41, 5.74) is 2.91. The lowest BCUT2D eigenvalue weighted by Crippen LogP contribution is -2.34. The number of fused-ring (bicyclic) bond motifs is 1. The molecule has 4 heteroatoms. The zero-order chi connectivity index (χ0) is 18.5. The van der Waals surface area contributed by atoms with Gasteiger partial charge in [-0.3, -0.25) is 0 Å². The fraction of sp³-hybridized carbons (Fsp3) is 0.478. The molecule has 0 N–H and O–H groups in total. The van der Waals surface area contributed by atoms with Gasteiger partial charge in [0.1, 0.15) is 11.5 Å². The van der Waals surface area contributed by atoms with Gasteiger partial charge in [0.05, 0.1) is 13.2 Å². The van der Waals surface area contributed by atoms with Crippen molar-refractivity contribution in [3.8, 4) is 11.5 Å². The van der Waals surface area contributed by atoms with Gasteiger partial charge >= 0.3 is 0 Å². The predicted octanol–water partition coefficient (Wildman–Crippen LogP) is 5.31. The van der Waals surface area contributed by atoms with Gasteiger partial charge in [0.15, 0.2) is 0 Å². The average molecular weight is 386 g/mol. The Hall–Kier alpha value is -1.71. The molecule has 0 atom stereocenters. The van der Waals surface area contributed by atoms with Crippen LogP contribution in [0.5, 0.6) is 11.5 Å². The second-order valence-electron chi connectivity index (χ2n) is 7.59. The van der Waals surface area contributed by atoms with Crippen molar-refractivity contribution < 1.29 is 9.47 Å². The van der Waals surface area contributed by atoms with Gasteiger partial charge in [0.2, 0.25) is 0 Å². The lowest BCUT2D eigenvalue weighted by molar-refractivity contribution is 0.193. The van der Waals surface area contributed by atoms with E-state index in [1.165, 1.54) is 37.1 Å². The minimum atomic E-state index is 0.693. The molecule has 27 heavy (non-hydrogen) atoms. The van der Waals surface area contributed by atoms with Gasteiger partial charge in [-0.15, -0.1) is 0 Å². The molecular weight excluding hydrogens is 358 g/mol. The molecule has 0 bridgehead atoms. The highest BCUT2D eigenvalue weighted by Gasteiger charge is 2.21. The second-order valence-corrected chi connectivity index (χ2v) is 8.03. The van der Waals surface area contributed by atoms with Gasteiger partial charge in [-0.2, -0.15) is 0 Å². The molecule has 2 aliphatic rings. The van der Waals surface area contributed by atoms with Gasteiger partial charge in [0.25, 0.3) is 0 Å². The molecule has 0 amide bonds. The first-order valence-corrected chi connectivity index (χ1v) is 10.5. The second kappa shape index (κ2) is 8.99. The lowest BCUT2D eigenvalue weighted by atomic mass is 9.87. The third-order valence-corrected chi connectivity index (χ3v) is 5.94. The van der Waals surface area contributed by atoms with E-state index in [2.05, 4.69) is 23.1 Å². The van der Waals surface area contributed by atoms with Gasteiger partial charge in [0, 0.05) is 11.6 Å². The van der Waals surface area contributed by atoms with Crippen LogP contribution in [-0.4, -0.2) is 37.7 Å². The summed E-state index contributed by atoms with van der Waals surface area (Å²) in [6.07, 6.45) is 5.86. The molecule has 144 valence electrons. The van der Waals surface area contributed by atoms with Crippen LogP contribution in [0.1, 0.15) is 42.7 Å². The van der Waals surface area contributed by atoms with E-state index >= 15 is 0 Å². The van der Waals surface area contributed by atoms with Crippen LogP contribution in [0.2, 0.25) is 5.02 Å². The first-order valence-electron chi connectivity index (χ1n) is 10.1. The van der Waals surface area contributed by atoms with Crippen molar-refractivity contribution in [2.75, 3.05) is 32.8 Å². The minimum absolute atomic E-state index is 0.693. The molecule has 0 spiro atoms. The van der Waals surface area contributed by atoms with Crippen LogP contribution < -0.4 is 9.47 Å². The summed E-state index contributed by atoms with van der Waals surface area (Å²) >= 11 is 5.90. The van der Waals surface area contributed by atoms with Crippen LogP contribution in [0.15, 0.2) is 42.5 Å². The Labute approximate surface area is 167 Å². The van der Waals surface area contributed by atoms with Crippen molar-refractivity contribution >= 4 is 11.6 Å². The van der Waals surface area contributed by atoms with E-state index in [1.807, 2.05) is 24.3 Å². The third kappa shape index (κ3) is 4.97. The number of aryl methyl sites for hydroxylation is 1. The van der Waals surface area contributed by atoms with Gasteiger partial charge in [-0.05, 0) is 92.6 Å². The van der Waals surface area contributed by atoms with E-state index in [0.29, 0.717) is 5.92 Å². The molecule has 3 nitrogen and oxygen atoms in total. The first-order chi connectivity index (χ1) is 13.3. The van der Waals surface area contributed by atoms with E-state index in [1.54, 1.807) is 0 Å². The molecule has 0 aliphatic carbocycles. The van der Waals surface area contributed by atoms with Crippen molar-refractivity contribution in [1.82, 2.24) is 4.90 Å². The molecule has 0 aromatic heterocycles. The maximum Gasteiger partial charge on any atom is 0.122 e. The molecular formula is C23H28ClNO2. The summed E-state index contributed by atoms with van der Waals surface area (Å²) in [5, 5.41) is 0.747. The summed E-state index contributed by atoms with van der Waals surface area (Å²) in [4.78, 5) is 2.57. The van der Waals surface area contributed by atoms with Crippen molar-refractivity contribution in [2.45, 2.75) is 38.0 Å². The number of nitrogens with zero attached hydrogens (tertiary/aromatic N) is 1. The number of piperidine rings is 1. The molecule has 2 heterocycles. The first kappa shape index (κ1) is 18.6. The molecule has 2 aromatic carbocycles. The number of halogens is 1. The smallest absolute Gasteiger partial charge is 0.122 e. The van der Waals surface area contributed by atoms with Crippen LogP contribution >= 0.6 is 11.6 Å². The van der Waals surface area contributed by atoms with E-state index in [-0.39, 0.29) is 0 Å². The Kier molecular flexibility index (Phi) is 6.21. The molecule has 1 fully saturated rings. The van der Waals surface area contributed by atoms with Crippen molar-refractivity contribution in [3.05, 3.63) is 58.6 Å². The van der Waals surface area contributed by atoms with E-state index in [0.717, 1.165) is 55.5 Å². The monoisotopic (exact) mass is 385 g/mol. The molecule has 0 radical (unpaired) electrons. The maximum atomic E-state index is 5.90. The van der Waals surface area contributed by atoms with E-state index in [9.17, 15) is 0 Å². The summed E-state index contributed by atoms with van der Waals surface area (Å²) in [5.74, 6) is 2.69. The van der Waals surface area contributed by atoms with Crippen molar-refractivity contribution in [3.63, 3.8) is 0 Å². The summed E-state index contributed by atoms with van der Waals surface area (Å²) < 4.78 is 11.5. The lowest BCUT2D eigenvalue weighted by Gasteiger charge is -2.32.